The minimum Gasteiger partial charge on any atom is -0.507 e. The van der Waals surface area contributed by atoms with E-state index in [1.165, 1.54) is 0 Å². The first kappa shape index (κ1) is 26.5. The number of ether oxygens (including phenoxy) is 1. The van der Waals surface area contributed by atoms with Crippen LogP contribution < -0.4 is 4.74 Å². The largest absolute Gasteiger partial charge is 0.507 e. The number of aliphatic hydroxyl groups is 1. The number of halogens is 1. The van der Waals surface area contributed by atoms with Crippen LogP contribution in [0, 0.1) is 6.92 Å². The molecule has 1 fully saturated rings. The molecule has 4 rings (SSSR count). The van der Waals surface area contributed by atoms with Gasteiger partial charge in [-0.3, -0.25) is 9.59 Å². The molecule has 0 saturated carbocycles. The van der Waals surface area contributed by atoms with Gasteiger partial charge in [0.1, 0.15) is 18.1 Å². The monoisotopic (exact) mass is 518 g/mol. The summed E-state index contributed by atoms with van der Waals surface area (Å²) in [6, 6.07) is 21.3. The summed E-state index contributed by atoms with van der Waals surface area (Å²) in [4.78, 5) is 29.8. The maximum Gasteiger partial charge on any atom is 0.295 e. The number of Topliss-reactive ketones (excluding diaryl/α,β-unsaturated/α-hetero) is 1. The highest BCUT2D eigenvalue weighted by Gasteiger charge is 2.45. The van der Waals surface area contributed by atoms with Gasteiger partial charge in [-0.1, -0.05) is 53.6 Å². The third-order valence-corrected chi connectivity index (χ3v) is 6.60. The van der Waals surface area contributed by atoms with Crippen LogP contribution in [0.5, 0.6) is 5.75 Å². The molecular formula is C30H31ClN2O4. The molecule has 1 unspecified atom stereocenters. The lowest BCUT2D eigenvalue weighted by Crippen LogP contribution is -2.32. The second-order valence-corrected chi connectivity index (χ2v) is 9.94. The molecule has 1 saturated heterocycles. The summed E-state index contributed by atoms with van der Waals surface area (Å²) in [6.45, 7) is 3.60. The molecule has 1 amide bonds. The number of amides is 1. The van der Waals surface area contributed by atoms with E-state index in [1.54, 1.807) is 53.4 Å². The van der Waals surface area contributed by atoms with Gasteiger partial charge in [-0.15, -0.1) is 0 Å². The number of aliphatic hydroxyl groups excluding tert-OH is 1. The zero-order chi connectivity index (χ0) is 26.5. The van der Waals surface area contributed by atoms with Crippen LogP contribution in [0.1, 0.15) is 34.7 Å². The highest BCUT2D eigenvalue weighted by atomic mass is 35.5. The average molecular weight is 519 g/mol. The molecule has 192 valence electrons. The Morgan fingerprint density at radius 3 is 2.38 bits per heavy atom. The predicted octanol–water partition coefficient (Wildman–Crippen LogP) is 5.60. The Morgan fingerprint density at radius 2 is 1.73 bits per heavy atom. The van der Waals surface area contributed by atoms with E-state index in [0.717, 1.165) is 17.7 Å². The van der Waals surface area contributed by atoms with Gasteiger partial charge in [-0.2, -0.15) is 0 Å². The van der Waals surface area contributed by atoms with Crippen molar-refractivity contribution in [3.63, 3.8) is 0 Å². The van der Waals surface area contributed by atoms with E-state index in [0.29, 0.717) is 41.5 Å². The Balaban J connectivity index is 1.62. The van der Waals surface area contributed by atoms with Crippen molar-refractivity contribution < 1.29 is 19.4 Å². The smallest absolute Gasteiger partial charge is 0.295 e. The summed E-state index contributed by atoms with van der Waals surface area (Å²) in [7, 11) is 3.91. The van der Waals surface area contributed by atoms with E-state index in [1.807, 2.05) is 44.1 Å². The van der Waals surface area contributed by atoms with Gasteiger partial charge in [-0.05, 0) is 81.5 Å². The molecule has 0 aliphatic carbocycles. The van der Waals surface area contributed by atoms with Crippen molar-refractivity contribution in [3.05, 3.63) is 106 Å². The van der Waals surface area contributed by atoms with Crippen LogP contribution >= 0.6 is 11.6 Å². The standard InChI is InChI=1S/C30H31ClN2O4/c1-20-6-4-7-21(18-20)19-37-25-14-10-23(11-15-25)28(34)26-27(22-8-12-24(31)13-9-22)33(30(36)29(26)35)17-5-16-32(2)3/h4,6-15,18,27,34H,5,16-17,19H2,1-3H3/b28-26-. The first-order valence-corrected chi connectivity index (χ1v) is 12.6. The molecule has 1 atom stereocenters. The number of hydrogen-bond acceptors (Lipinski definition) is 5. The number of nitrogens with zero attached hydrogens (tertiary/aromatic N) is 2. The second kappa shape index (κ2) is 11.6. The molecule has 37 heavy (non-hydrogen) atoms. The van der Waals surface area contributed by atoms with E-state index in [4.69, 9.17) is 16.3 Å². The van der Waals surface area contributed by atoms with E-state index in [9.17, 15) is 14.7 Å². The Kier molecular flexibility index (Phi) is 8.31. The topological polar surface area (TPSA) is 70.1 Å². The predicted molar refractivity (Wildman–Crippen MR) is 146 cm³/mol. The minimum atomic E-state index is -0.698. The number of aryl methyl sites for hydroxylation is 1. The first-order valence-electron chi connectivity index (χ1n) is 12.2. The van der Waals surface area contributed by atoms with Crippen LogP contribution in [-0.4, -0.2) is 53.8 Å². The molecule has 0 aromatic heterocycles. The highest BCUT2D eigenvalue weighted by molar-refractivity contribution is 6.46. The Labute approximate surface area is 222 Å². The average Bonchev–Trinajstić information content (AvgIpc) is 3.13. The molecule has 1 N–H and O–H groups in total. The van der Waals surface area contributed by atoms with Crippen LogP contribution in [0.25, 0.3) is 5.76 Å². The van der Waals surface area contributed by atoms with Crippen molar-refractivity contribution in [2.75, 3.05) is 27.2 Å². The van der Waals surface area contributed by atoms with Crippen LogP contribution in [0.3, 0.4) is 0 Å². The maximum absolute atomic E-state index is 13.2. The number of carbonyl (C=O) groups is 2. The summed E-state index contributed by atoms with van der Waals surface area (Å²) in [5.74, 6) is -0.879. The summed E-state index contributed by atoms with van der Waals surface area (Å²) >= 11 is 6.09. The van der Waals surface area contributed by atoms with Gasteiger partial charge in [-0.25, -0.2) is 0 Å². The Hall–Kier alpha value is -3.61. The molecule has 1 heterocycles. The lowest BCUT2D eigenvalue weighted by Gasteiger charge is -2.26. The van der Waals surface area contributed by atoms with E-state index in [2.05, 4.69) is 6.07 Å². The normalized spacial score (nSPS) is 17.0. The number of likely N-dealkylation sites (tertiary alicyclic amines) is 1. The van der Waals surface area contributed by atoms with Gasteiger partial charge in [0.15, 0.2) is 0 Å². The van der Waals surface area contributed by atoms with Gasteiger partial charge in [0, 0.05) is 17.1 Å². The summed E-state index contributed by atoms with van der Waals surface area (Å²) in [6.07, 6.45) is 0.692. The molecule has 1 aliphatic rings. The van der Waals surface area contributed by atoms with Gasteiger partial charge in [0.2, 0.25) is 0 Å². The summed E-state index contributed by atoms with van der Waals surface area (Å²) in [5, 5.41) is 11.8. The van der Waals surface area contributed by atoms with Gasteiger partial charge < -0.3 is 19.6 Å². The van der Waals surface area contributed by atoms with Gasteiger partial charge >= 0.3 is 0 Å². The number of rotatable bonds is 9. The number of ketones is 1. The second-order valence-electron chi connectivity index (χ2n) is 9.50. The molecule has 3 aromatic rings. The minimum absolute atomic E-state index is 0.0746. The van der Waals surface area contributed by atoms with Crippen LogP contribution in [0.4, 0.5) is 0 Å². The SMILES string of the molecule is Cc1cccc(COc2ccc(/C(O)=C3/C(=O)C(=O)N(CCCN(C)C)C3c3ccc(Cl)cc3)cc2)c1. The maximum atomic E-state index is 13.2. The highest BCUT2D eigenvalue weighted by Crippen LogP contribution is 2.40. The van der Waals surface area contributed by atoms with Crippen molar-refractivity contribution in [1.29, 1.82) is 0 Å². The van der Waals surface area contributed by atoms with E-state index in [-0.39, 0.29) is 11.3 Å². The fourth-order valence-corrected chi connectivity index (χ4v) is 4.62. The van der Waals surface area contributed by atoms with Crippen LogP contribution in [-0.2, 0) is 16.2 Å². The number of hydrogen-bond donors (Lipinski definition) is 1. The molecule has 1 aliphatic heterocycles. The van der Waals surface area contributed by atoms with E-state index >= 15 is 0 Å². The zero-order valence-corrected chi connectivity index (χ0v) is 22.0. The van der Waals surface area contributed by atoms with Crippen molar-refractivity contribution in [2.45, 2.75) is 26.0 Å². The molecule has 0 bridgehead atoms. The summed E-state index contributed by atoms with van der Waals surface area (Å²) < 4.78 is 5.88. The molecule has 3 aromatic carbocycles. The van der Waals surface area contributed by atoms with Crippen LogP contribution in [0.2, 0.25) is 5.02 Å². The Bertz CT molecular complexity index is 1300. The molecule has 6 nitrogen and oxygen atoms in total. The number of benzene rings is 3. The molecule has 0 spiro atoms. The molecular weight excluding hydrogens is 488 g/mol. The quantitative estimate of drug-likeness (QED) is 0.227. The van der Waals surface area contributed by atoms with Crippen LogP contribution in [0.15, 0.2) is 78.4 Å². The summed E-state index contributed by atoms with van der Waals surface area (Å²) in [5.41, 5.74) is 3.45. The van der Waals surface area contributed by atoms with Crippen molar-refractivity contribution in [1.82, 2.24) is 9.80 Å². The van der Waals surface area contributed by atoms with Gasteiger partial charge in [0.25, 0.3) is 11.7 Å². The third kappa shape index (κ3) is 6.21. The fraction of sp³-hybridized carbons (Fsp3) is 0.267. The molecule has 7 heteroatoms. The number of carbonyl (C=O) groups excluding carboxylic acids is 2. The third-order valence-electron chi connectivity index (χ3n) is 6.35. The lowest BCUT2D eigenvalue weighted by molar-refractivity contribution is -0.139. The fourth-order valence-electron chi connectivity index (χ4n) is 4.49. The van der Waals surface area contributed by atoms with Crippen molar-refractivity contribution >= 4 is 29.1 Å². The van der Waals surface area contributed by atoms with Crippen molar-refractivity contribution in [3.8, 4) is 5.75 Å². The van der Waals surface area contributed by atoms with Gasteiger partial charge in [0.05, 0.1) is 11.6 Å². The van der Waals surface area contributed by atoms with Crippen molar-refractivity contribution in [2.24, 2.45) is 0 Å². The first-order chi connectivity index (χ1) is 17.7. The molecule has 0 radical (unpaired) electrons. The van der Waals surface area contributed by atoms with E-state index < -0.39 is 17.7 Å². The lowest BCUT2D eigenvalue weighted by atomic mass is 9.95. The Morgan fingerprint density at radius 1 is 1.03 bits per heavy atom. The zero-order valence-electron chi connectivity index (χ0n) is 21.3.